The molecule has 334 valence electrons. The van der Waals surface area contributed by atoms with Crippen LogP contribution in [0.3, 0.4) is 0 Å². The Kier molecular flexibility index (Phi) is 10.1. The smallest absolute Gasteiger partial charge is 0.0638 e. The molecule has 0 N–H and O–H groups in total. The highest BCUT2D eigenvalue weighted by Gasteiger charge is 2.33. The minimum Gasteiger partial charge on any atom is -0.312 e. The number of fused-ring (bicyclic) bond motifs is 10. The Morgan fingerprint density at radius 1 is 0.457 bits per heavy atom. The fourth-order valence-electron chi connectivity index (χ4n) is 11.3. The molecule has 0 saturated carbocycles. The van der Waals surface area contributed by atoms with Crippen LogP contribution in [0.15, 0.2) is 262 Å². The van der Waals surface area contributed by atoms with Crippen molar-refractivity contribution in [3.05, 3.63) is 259 Å². The molecule has 0 unspecified atom stereocenters. The highest BCUT2D eigenvalue weighted by molar-refractivity contribution is 8.36. The van der Waals surface area contributed by atoms with E-state index in [9.17, 15) is 0 Å². The summed E-state index contributed by atoms with van der Waals surface area (Å²) in [5.41, 5.74) is 17.9. The highest BCUT2D eigenvalue weighted by Crippen LogP contribution is 2.73. The van der Waals surface area contributed by atoms with Crippen LogP contribution in [0, 0.1) is 0 Å². The van der Waals surface area contributed by atoms with Gasteiger partial charge < -0.3 is 13.7 Å². The Bertz CT molecular complexity index is 4080. The Hall–Kier alpha value is -8.53. The van der Waals surface area contributed by atoms with Gasteiger partial charge in [0.05, 0.1) is 33.3 Å². The monoisotopic (exact) mass is 915 g/mol. The predicted molar refractivity (Wildman–Crippen MR) is 299 cm³/mol. The van der Waals surface area contributed by atoms with Gasteiger partial charge in [-0.3, -0.25) is 0 Å². The molecule has 3 heterocycles. The second-order valence-corrected chi connectivity index (χ2v) is 21.4. The van der Waals surface area contributed by atoms with Gasteiger partial charge in [-0.25, -0.2) is 0 Å². The number of hydrogen-bond donors (Lipinski definition) is 0. The molecule has 0 amide bonds. The molecular weight excluding hydrogens is 867 g/mol. The molecule has 0 spiro atoms. The van der Waals surface area contributed by atoms with Crippen LogP contribution in [-0.4, -0.2) is 13.7 Å². The summed E-state index contributed by atoms with van der Waals surface area (Å²) < 4.78 is 7.34. The fraction of sp³-hybridized carbons (Fsp3) is 0.0455. The number of para-hydroxylation sites is 4. The highest BCUT2D eigenvalue weighted by atomic mass is 32.3. The number of hydrogen-bond acceptors (Lipinski definition) is 0. The van der Waals surface area contributed by atoms with E-state index in [0.29, 0.717) is 0 Å². The first-order chi connectivity index (χ1) is 34.6. The van der Waals surface area contributed by atoms with Crippen LogP contribution in [0.2, 0.25) is 0 Å². The molecule has 0 radical (unpaired) electrons. The summed E-state index contributed by atoms with van der Waals surface area (Å²) in [6, 6.07) is 82.6. The third kappa shape index (κ3) is 6.38. The van der Waals surface area contributed by atoms with Crippen molar-refractivity contribution in [3.63, 3.8) is 0 Å². The molecule has 70 heavy (non-hydrogen) atoms. The van der Waals surface area contributed by atoms with Crippen molar-refractivity contribution in [1.29, 1.82) is 0 Å². The van der Waals surface area contributed by atoms with Gasteiger partial charge >= 0.3 is 0 Å². The lowest BCUT2D eigenvalue weighted by molar-refractivity contribution is 1.04. The van der Waals surface area contributed by atoms with Gasteiger partial charge in [-0.15, -0.1) is 15.8 Å². The van der Waals surface area contributed by atoms with E-state index in [0.717, 1.165) is 17.8 Å². The zero-order valence-electron chi connectivity index (χ0n) is 39.1. The van der Waals surface area contributed by atoms with Gasteiger partial charge in [0.25, 0.3) is 0 Å². The van der Waals surface area contributed by atoms with E-state index in [1.54, 1.807) is 0 Å². The van der Waals surface area contributed by atoms with Gasteiger partial charge in [-0.1, -0.05) is 146 Å². The summed E-state index contributed by atoms with van der Waals surface area (Å²) in [6.07, 6.45) is 10.0. The van der Waals surface area contributed by atoms with Crippen molar-refractivity contribution in [2.45, 2.75) is 35.0 Å². The van der Waals surface area contributed by atoms with Crippen LogP contribution < -0.4 is 0 Å². The Morgan fingerprint density at radius 3 is 1.67 bits per heavy atom. The SMILES string of the molecule is CC/C(=C\C=C(/C)S(c1ccccc1)(c1ccccc1)c1cccc(-c2ccc3c(c2)c2ccccc2n3-c2ccccc2)c1)n1c2c(c3ccc4c(c5ccccc5n4-c4ccccc4)c31)C=C=C2. The Balaban J connectivity index is 1.02. The predicted octanol–water partition coefficient (Wildman–Crippen LogP) is 18.3. The summed E-state index contributed by atoms with van der Waals surface area (Å²) in [5.74, 6) is 0. The van der Waals surface area contributed by atoms with E-state index in [2.05, 4.69) is 282 Å². The first kappa shape index (κ1) is 41.6. The van der Waals surface area contributed by atoms with E-state index < -0.39 is 10.0 Å². The zero-order chi connectivity index (χ0) is 46.8. The minimum absolute atomic E-state index is 0.833. The molecule has 1 aliphatic carbocycles. The summed E-state index contributed by atoms with van der Waals surface area (Å²) in [5, 5.41) is 6.25. The van der Waals surface area contributed by atoms with Gasteiger partial charge in [-0.2, -0.15) is 0 Å². The van der Waals surface area contributed by atoms with Gasteiger partial charge in [0.2, 0.25) is 0 Å². The van der Waals surface area contributed by atoms with Gasteiger partial charge in [-0.05, 0) is 133 Å². The lowest BCUT2D eigenvalue weighted by atomic mass is 10.0. The third-order valence-corrected chi connectivity index (χ3v) is 18.4. The van der Waals surface area contributed by atoms with Crippen LogP contribution in [-0.2, 0) is 0 Å². The van der Waals surface area contributed by atoms with Crippen molar-refractivity contribution < 1.29 is 0 Å². The Labute approximate surface area is 409 Å². The molecule has 4 heteroatoms. The standard InChI is InChI=1S/C66H49N3S/c1-3-49(69-61-37-21-34-55(61)57-41-43-64-65(66(57)69)58-33-17-19-36-62(58)68(64)51-25-10-5-11-26-51)40-38-46(2)70(52-27-12-6-13-28-52,53-29-14-7-15-30-53)54-31-20-22-47(44-54)48-39-42-63-59(45-48)56-32-16-18-35-60(56)67(63)50-23-8-4-9-24-50/h4-20,22-45H,3H2,1-2H3/b46-38+,49-40+. The van der Waals surface area contributed by atoms with Crippen LogP contribution in [0.4, 0.5) is 0 Å². The van der Waals surface area contributed by atoms with Crippen molar-refractivity contribution in [3.8, 4) is 22.5 Å². The largest absolute Gasteiger partial charge is 0.312 e. The maximum Gasteiger partial charge on any atom is 0.0638 e. The molecule has 1 aliphatic rings. The van der Waals surface area contributed by atoms with Crippen LogP contribution >= 0.6 is 10.0 Å². The van der Waals surface area contributed by atoms with E-state index in [4.69, 9.17) is 0 Å². The molecule has 3 aromatic heterocycles. The minimum atomic E-state index is -1.99. The molecular formula is C66H49N3S. The van der Waals surface area contributed by atoms with Crippen molar-refractivity contribution in [2.24, 2.45) is 0 Å². The number of benzene rings is 9. The summed E-state index contributed by atoms with van der Waals surface area (Å²) in [7, 11) is -1.99. The molecule has 0 aliphatic heterocycles. The topological polar surface area (TPSA) is 14.8 Å². The first-order valence-electron chi connectivity index (χ1n) is 24.2. The molecule has 9 aromatic carbocycles. The molecule has 12 aromatic rings. The van der Waals surface area contributed by atoms with Crippen molar-refractivity contribution in [2.75, 3.05) is 0 Å². The molecule has 13 rings (SSSR count). The van der Waals surface area contributed by atoms with E-state index in [1.165, 1.54) is 102 Å². The second-order valence-electron chi connectivity index (χ2n) is 18.1. The van der Waals surface area contributed by atoms with Crippen LogP contribution in [0.5, 0.6) is 0 Å². The molecule has 0 bridgehead atoms. The average molecular weight is 916 g/mol. The quantitative estimate of drug-likeness (QED) is 0.0959. The maximum atomic E-state index is 3.48. The molecule has 0 saturated heterocycles. The second kappa shape index (κ2) is 16.9. The average Bonchev–Trinajstić information content (AvgIpc) is 4.20. The number of allylic oxidation sites excluding steroid dienone is 4. The zero-order valence-corrected chi connectivity index (χ0v) is 39.9. The summed E-state index contributed by atoms with van der Waals surface area (Å²) >= 11 is 0. The number of aromatic nitrogens is 3. The van der Waals surface area contributed by atoms with Gasteiger partial charge in [0.15, 0.2) is 0 Å². The third-order valence-electron chi connectivity index (χ3n) is 14.3. The first-order valence-corrected chi connectivity index (χ1v) is 25.9. The lowest BCUT2D eigenvalue weighted by Crippen LogP contribution is -2.06. The van der Waals surface area contributed by atoms with E-state index >= 15 is 0 Å². The van der Waals surface area contributed by atoms with E-state index in [-0.39, 0.29) is 0 Å². The summed E-state index contributed by atoms with van der Waals surface area (Å²) in [6.45, 7) is 4.65. The van der Waals surface area contributed by atoms with Crippen LogP contribution in [0.1, 0.15) is 31.5 Å². The van der Waals surface area contributed by atoms with Gasteiger partial charge in [0, 0.05) is 70.3 Å². The van der Waals surface area contributed by atoms with Gasteiger partial charge in [0.1, 0.15) is 0 Å². The molecule has 0 fully saturated rings. The number of nitrogens with zero attached hydrogens (tertiary/aromatic N) is 3. The normalized spacial score (nSPS) is 13.1. The van der Waals surface area contributed by atoms with Crippen LogP contribution in [0.25, 0.3) is 94.9 Å². The Morgan fingerprint density at radius 2 is 1.00 bits per heavy atom. The van der Waals surface area contributed by atoms with E-state index in [1.807, 2.05) is 0 Å². The summed E-state index contributed by atoms with van der Waals surface area (Å²) in [4.78, 5) is 5.20. The fourth-order valence-corrected chi connectivity index (χ4v) is 15.2. The molecule has 0 atom stereocenters. The maximum absolute atomic E-state index is 3.48. The van der Waals surface area contributed by atoms with Crippen molar-refractivity contribution >= 4 is 82.4 Å². The van der Waals surface area contributed by atoms with Crippen molar-refractivity contribution in [1.82, 2.24) is 13.7 Å². The lowest BCUT2D eigenvalue weighted by Gasteiger charge is -2.43. The molecule has 3 nitrogen and oxygen atoms in total. The number of rotatable bonds is 10.